The first-order chi connectivity index (χ1) is 8.90. The molecule has 19 heavy (non-hydrogen) atoms. The molecule has 0 heterocycles. The monoisotopic (exact) mass is 572 g/mol. The first kappa shape index (κ1) is 16.2. The van der Waals surface area contributed by atoms with E-state index in [9.17, 15) is 0 Å². The molecule has 0 fully saturated rings. The summed E-state index contributed by atoms with van der Waals surface area (Å²) in [5.41, 5.74) is 3.59. The SMILES string of the molecule is Cc1cc(Br)c(C(Br)c2cc(Br)ccc2Br)cc1Br. The van der Waals surface area contributed by atoms with Crippen LogP contribution in [0.3, 0.4) is 0 Å². The Morgan fingerprint density at radius 3 is 2.11 bits per heavy atom. The van der Waals surface area contributed by atoms with Gasteiger partial charge in [0.25, 0.3) is 0 Å². The third-order valence-electron chi connectivity index (χ3n) is 2.78. The van der Waals surface area contributed by atoms with E-state index in [-0.39, 0.29) is 4.83 Å². The fourth-order valence-electron chi connectivity index (χ4n) is 1.73. The van der Waals surface area contributed by atoms with Gasteiger partial charge in [-0.15, -0.1) is 0 Å². The molecule has 0 aliphatic heterocycles. The van der Waals surface area contributed by atoms with Crippen LogP contribution in [0.5, 0.6) is 0 Å². The van der Waals surface area contributed by atoms with Gasteiger partial charge in [0.15, 0.2) is 0 Å². The Kier molecular flexibility index (Phi) is 5.75. The summed E-state index contributed by atoms with van der Waals surface area (Å²) in [6, 6.07) is 10.5. The van der Waals surface area contributed by atoms with Crippen LogP contribution in [0, 0.1) is 6.92 Å². The van der Waals surface area contributed by atoms with Gasteiger partial charge in [-0.25, -0.2) is 0 Å². The zero-order chi connectivity index (χ0) is 14.2. The van der Waals surface area contributed by atoms with Crippen molar-refractivity contribution in [3.8, 4) is 0 Å². The highest BCUT2D eigenvalue weighted by Crippen LogP contribution is 2.41. The van der Waals surface area contributed by atoms with Gasteiger partial charge >= 0.3 is 0 Å². The summed E-state index contributed by atoms with van der Waals surface area (Å²) in [6.07, 6.45) is 0. The summed E-state index contributed by atoms with van der Waals surface area (Å²) >= 11 is 18.1. The molecule has 0 aliphatic rings. The fourth-order valence-corrected chi connectivity index (χ4v) is 5.01. The van der Waals surface area contributed by atoms with Crippen LogP contribution in [0.15, 0.2) is 48.2 Å². The molecule has 2 aromatic carbocycles. The molecular weight excluding hydrogens is 568 g/mol. The van der Waals surface area contributed by atoms with Gasteiger partial charge in [0.1, 0.15) is 0 Å². The minimum atomic E-state index is 0.116. The average molecular weight is 577 g/mol. The minimum Gasteiger partial charge on any atom is -0.0786 e. The Bertz CT molecular complexity index is 621. The zero-order valence-corrected chi connectivity index (χ0v) is 17.8. The van der Waals surface area contributed by atoms with E-state index >= 15 is 0 Å². The molecule has 0 saturated heterocycles. The predicted octanol–water partition coefficient (Wildman–Crippen LogP) is 7.53. The maximum Gasteiger partial charge on any atom is 0.0667 e. The molecule has 2 aromatic rings. The van der Waals surface area contributed by atoms with E-state index in [0.717, 1.165) is 17.9 Å². The molecule has 2 rings (SSSR count). The summed E-state index contributed by atoms with van der Waals surface area (Å²) in [4.78, 5) is 0.116. The van der Waals surface area contributed by atoms with Crippen LogP contribution >= 0.6 is 79.6 Å². The number of halogens is 5. The van der Waals surface area contributed by atoms with E-state index < -0.39 is 0 Å². The van der Waals surface area contributed by atoms with Crippen molar-refractivity contribution in [1.29, 1.82) is 0 Å². The van der Waals surface area contributed by atoms with E-state index in [1.807, 2.05) is 12.1 Å². The van der Waals surface area contributed by atoms with Crippen LogP contribution in [0.25, 0.3) is 0 Å². The van der Waals surface area contributed by atoms with Gasteiger partial charge in [0, 0.05) is 17.9 Å². The molecule has 100 valence electrons. The lowest BCUT2D eigenvalue weighted by Crippen LogP contribution is -1.96. The molecule has 0 spiro atoms. The first-order valence-electron chi connectivity index (χ1n) is 5.44. The normalized spacial score (nSPS) is 12.5. The summed E-state index contributed by atoms with van der Waals surface area (Å²) in [5.74, 6) is 0. The van der Waals surface area contributed by atoms with Crippen LogP contribution < -0.4 is 0 Å². The molecule has 0 bridgehead atoms. The number of rotatable bonds is 2. The highest BCUT2D eigenvalue weighted by Gasteiger charge is 2.17. The molecular formula is C14H9Br5. The Morgan fingerprint density at radius 1 is 0.789 bits per heavy atom. The Labute approximate surface area is 155 Å². The van der Waals surface area contributed by atoms with Crippen molar-refractivity contribution in [1.82, 2.24) is 0 Å². The number of hydrogen-bond acceptors (Lipinski definition) is 0. The maximum absolute atomic E-state index is 3.79. The van der Waals surface area contributed by atoms with Gasteiger partial charge in [-0.05, 0) is 53.9 Å². The van der Waals surface area contributed by atoms with Crippen LogP contribution in [0.2, 0.25) is 0 Å². The van der Waals surface area contributed by atoms with Crippen molar-refractivity contribution < 1.29 is 0 Å². The van der Waals surface area contributed by atoms with E-state index in [4.69, 9.17) is 0 Å². The lowest BCUT2D eigenvalue weighted by Gasteiger charge is -2.16. The van der Waals surface area contributed by atoms with Crippen molar-refractivity contribution >= 4 is 79.6 Å². The highest BCUT2D eigenvalue weighted by atomic mass is 79.9. The lowest BCUT2D eigenvalue weighted by molar-refractivity contribution is 1.14. The van der Waals surface area contributed by atoms with Crippen LogP contribution in [-0.4, -0.2) is 0 Å². The van der Waals surface area contributed by atoms with Gasteiger partial charge in [-0.1, -0.05) is 79.6 Å². The molecule has 0 aromatic heterocycles. The second-order valence-corrected chi connectivity index (χ2v) is 8.55. The van der Waals surface area contributed by atoms with E-state index in [1.165, 1.54) is 16.7 Å². The summed E-state index contributed by atoms with van der Waals surface area (Å²) in [5, 5.41) is 0. The first-order valence-corrected chi connectivity index (χ1v) is 9.53. The smallest absolute Gasteiger partial charge is 0.0667 e. The van der Waals surface area contributed by atoms with Gasteiger partial charge in [0.05, 0.1) is 4.83 Å². The molecule has 0 radical (unpaired) electrons. The molecule has 0 amide bonds. The second kappa shape index (κ2) is 6.73. The number of hydrogen-bond donors (Lipinski definition) is 0. The zero-order valence-electron chi connectivity index (χ0n) is 9.85. The molecule has 0 nitrogen and oxygen atoms in total. The summed E-state index contributed by atoms with van der Waals surface area (Å²) < 4.78 is 4.36. The topological polar surface area (TPSA) is 0 Å². The third kappa shape index (κ3) is 3.73. The predicted molar refractivity (Wildman–Crippen MR) is 99.2 cm³/mol. The van der Waals surface area contributed by atoms with E-state index in [2.05, 4.69) is 105 Å². The largest absolute Gasteiger partial charge is 0.0786 e. The Hall–Kier alpha value is 0.840. The van der Waals surface area contributed by atoms with Gasteiger partial charge in [0.2, 0.25) is 0 Å². The highest BCUT2D eigenvalue weighted by molar-refractivity contribution is 9.11. The summed E-state index contributed by atoms with van der Waals surface area (Å²) in [6.45, 7) is 2.08. The Morgan fingerprint density at radius 2 is 1.42 bits per heavy atom. The number of aryl methyl sites for hydroxylation is 1. The van der Waals surface area contributed by atoms with Crippen molar-refractivity contribution in [2.75, 3.05) is 0 Å². The van der Waals surface area contributed by atoms with Crippen molar-refractivity contribution in [3.63, 3.8) is 0 Å². The van der Waals surface area contributed by atoms with Crippen molar-refractivity contribution in [3.05, 3.63) is 64.9 Å². The van der Waals surface area contributed by atoms with Gasteiger partial charge in [-0.2, -0.15) is 0 Å². The van der Waals surface area contributed by atoms with Gasteiger partial charge < -0.3 is 0 Å². The molecule has 1 atom stereocenters. The third-order valence-corrected chi connectivity index (χ3v) is 6.53. The van der Waals surface area contributed by atoms with Crippen LogP contribution in [0.1, 0.15) is 21.5 Å². The quantitative estimate of drug-likeness (QED) is 0.324. The minimum absolute atomic E-state index is 0.116. The number of benzene rings is 2. The maximum atomic E-state index is 3.79. The summed E-state index contributed by atoms with van der Waals surface area (Å²) in [7, 11) is 0. The molecule has 0 aliphatic carbocycles. The molecule has 1 unspecified atom stereocenters. The fraction of sp³-hybridized carbons (Fsp3) is 0.143. The van der Waals surface area contributed by atoms with Crippen molar-refractivity contribution in [2.45, 2.75) is 11.8 Å². The van der Waals surface area contributed by atoms with E-state index in [1.54, 1.807) is 0 Å². The van der Waals surface area contributed by atoms with Gasteiger partial charge in [-0.3, -0.25) is 0 Å². The van der Waals surface area contributed by atoms with Crippen LogP contribution in [0.4, 0.5) is 0 Å². The van der Waals surface area contributed by atoms with E-state index in [0.29, 0.717) is 0 Å². The van der Waals surface area contributed by atoms with Crippen molar-refractivity contribution in [2.24, 2.45) is 0 Å². The Balaban J connectivity index is 2.52. The second-order valence-electron chi connectivity index (χ2n) is 4.15. The molecule has 0 saturated carbocycles. The molecule has 5 heteroatoms. The lowest BCUT2D eigenvalue weighted by atomic mass is 10.0. The number of alkyl halides is 1. The standard InChI is InChI=1S/C14H9Br5/c1-7-4-13(18)10(6-12(7)17)14(19)9-5-8(15)2-3-11(9)16/h2-6,14H,1H3. The van der Waals surface area contributed by atoms with Crippen LogP contribution in [-0.2, 0) is 0 Å². The average Bonchev–Trinajstić information content (AvgIpc) is 2.36. The molecule has 0 N–H and O–H groups in total.